The van der Waals surface area contributed by atoms with E-state index in [4.69, 9.17) is 15.7 Å². The van der Waals surface area contributed by atoms with Gasteiger partial charge in [-0.2, -0.15) is 10.4 Å². The molecule has 0 radical (unpaired) electrons. The molecule has 1 fully saturated rings. The predicted octanol–water partition coefficient (Wildman–Crippen LogP) is 3.58. The topological polar surface area (TPSA) is 93.0 Å². The van der Waals surface area contributed by atoms with Crippen LogP contribution in [-0.4, -0.2) is 32.8 Å². The average Bonchev–Trinajstić information content (AvgIpc) is 3.12. The summed E-state index contributed by atoms with van der Waals surface area (Å²) in [6, 6.07) is 12.1. The molecule has 1 aliphatic heterocycles. The molecule has 0 amide bonds. The Kier molecular flexibility index (Phi) is 4.81. The Morgan fingerprint density at radius 3 is 2.75 bits per heavy atom. The number of likely N-dealkylation sites (tertiary alicyclic amines) is 1. The third-order valence-electron chi connectivity index (χ3n) is 4.72. The Morgan fingerprint density at radius 2 is 2.04 bits per heavy atom. The number of piperidine rings is 1. The lowest BCUT2D eigenvalue weighted by atomic mass is 10.1. The van der Waals surface area contributed by atoms with Gasteiger partial charge >= 0.3 is 0 Å². The number of aromatic nitrogens is 3. The van der Waals surface area contributed by atoms with Crippen LogP contribution in [0.15, 0.2) is 48.7 Å². The Labute approximate surface area is 161 Å². The van der Waals surface area contributed by atoms with Gasteiger partial charge in [0.05, 0.1) is 24.5 Å². The fourth-order valence-corrected chi connectivity index (χ4v) is 3.32. The molecular weight excluding hydrogens is 359 g/mol. The fourth-order valence-electron chi connectivity index (χ4n) is 3.32. The van der Waals surface area contributed by atoms with Crippen LogP contribution in [0.3, 0.4) is 0 Å². The van der Waals surface area contributed by atoms with Gasteiger partial charge < -0.3 is 15.4 Å². The second-order valence-electron chi connectivity index (χ2n) is 6.68. The summed E-state index contributed by atoms with van der Waals surface area (Å²) in [6.07, 6.45) is 5.20. The lowest BCUT2D eigenvalue weighted by Gasteiger charge is -2.29. The molecule has 142 valence electrons. The van der Waals surface area contributed by atoms with Crippen molar-refractivity contribution < 1.29 is 9.13 Å². The molecule has 1 unspecified atom stereocenters. The van der Waals surface area contributed by atoms with Crippen molar-refractivity contribution in [3.05, 3.63) is 54.5 Å². The van der Waals surface area contributed by atoms with Crippen molar-refractivity contribution in [2.45, 2.75) is 18.9 Å². The van der Waals surface area contributed by atoms with E-state index in [-0.39, 0.29) is 6.04 Å². The summed E-state index contributed by atoms with van der Waals surface area (Å²) in [5.74, 6) is 1.08. The van der Waals surface area contributed by atoms with Crippen LogP contribution in [0.5, 0.6) is 11.6 Å². The quantitative estimate of drug-likeness (QED) is 0.698. The van der Waals surface area contributed by atoms with Gasteiger partial charge in [-0.1, -0.05) is 0 Å². The molecule has 7 nitrogen and oxygen atoms in total. The Balaban J connectivity index is 1.50. The largest absolute Gasteiger partial charge is 0.439 e. The summed E-state index contributed by atoms with van der Waals surface area (Å²) < 4.78 is 20.3. The molecule has 0 saturated carbocycles. The molecule has 0 bridgehead atoms. The smallest absolute Gasteiger partial charge is 0.219 e. The number of hydrogen-bond acceptors (Lipinski definition) is 6. The van der Waals surface area contributed by atoms with E-state index in [1.807, 2.05) is 22.9 Å². The minimum Gasteiger partial charge on any atom is -0.439 e. The lowest BCUT2D eigenvalue weighted by molar-refractivity contribution is 0.235. The SMILES string of the molecule is N#CN1CCCC(n2nc(-c3ccc(Oc4ccc(F)cn4)cc3)cc2N)C1. The zero-order valence-electron chi connectivity index (χ0n) is 15.1. The number of rotatable bonds is 4. The Hall–Kier alpha value is -3.60. The zero-order chi connectivity index (χ0) is 19.5. The molecule has 1 saturated heterocycles. The minimum atomic E-state index is -0.410. The number of nitrogens with two attached hydrogens (primary N) is 1. The average molecular weight is 378 g/mol. The van der Waals surface area contributed by atoms with E-state index in [2.05, 4.69) is 16.3 Å². The van der Waals surface area contributed by atoms with Crippen LogP contribution < -0.4 is 10.5 Å². The molecule has 4 rings (SSSR count). The number of nitrogens with zero attached hydrogens (tertiary/aromatic N) is 5. The van der Waals surface area contributed by atoms with Gasteiger partial charge in [0.1, 0.15) is 17.4 Å². The summed E-state index contributed by atoms with van der Waals surface area (Å²) in [5.41, 5.74) is 7.84. The minimum absolute atomic E-state index is 0.0920. The number of pyridine rings is 1. The number of hydrogen-bond donors (Lipinski definition) is 1. The maximum absolute atomic E-state index is 12.9. The van der Waals surface area contributed by atoms with E-state index in [0.717, 1.165) is 36.8 Å². The van der Waals surface area contributed by atoms with E-state index in [9.17, 15) is 4.39 Å². The molecule has 1 atom stereocenters. The standard InChI is InChI=1S/C20H19FN6O/c21-15-5-8-20(24-11-15)28-17-6-3-14(4-7-17)18-10-19(23)27(25-18)16-2-1-9-26(12-16)13-22/h3-8,10-11,16H,1-2,9,12,23H2. The summed E-state index contributed by atoms with van der Waals surface area (Å²) >= 11 is 0. The van der Waals surface area contributed by atoms with Crippen LogP contribution in [0.4, 0.5) is 10.2 Å². The third kappa shape index (κ3) is 3.74. The number of ether oxygens (including phenoxy) is 1. The number of halogens is 1. The van der Waals surface area contributed by atoms with Crippen LogP contribution >= 0.6 is 0 Å². The van der Waals surface area contributed by atoms with Crippen molar-refractivity contribution in [2.75, 3.05) is 18.8 Å². The molecule has 2 aromatic heterocycles. The van der Waals surface area contributed by atoms with Crippen molar-refractivity contribution in [1.29, 1.82) is 5.26 Å². The molecule has 2 N–H and O–H groups in total. The van der Waals surface area contributed by atoms with E-state index < -0.39 is 5.82 Å². The van der Waals surface area contributed by atoms with Crippen molar-refractivity contribution in [3.63, 3.8) is 0 Å². The van der Waals surface area contributed by atoms with Gasteiger partial charge in [0.25, 0.3) is 0 Å². The number of nitriles is 1. The molecule has 0 spiro atoms. The molecular formula is C20H19FN6O. The van der Waals surface area contributed by atoms with Crippen LogP contribution in [0.25, 0.3) is 11.3 Å². The summed E-state index contributed by atoms with van der Waals surface area (Å²) in [5, 5.41) is 13.8. The van der Waals surface area contributed by atoms with Gasteiger partial charge in [-0.3, -0.25) is 0 Å². The number of nitrogen functional groups attached to an aromatic ring is 1. The summed E-state index contributed by atoms with van der Waals surface area (Å²) in [7, 11) is 0. The van der Waals surface area contributed by atoms with Gasteiger partial charge in [-0.05, 0) is 43.2 Å². The van der Waals surface area contributed by atoms with E-state index in [1.165, 1.54) is 12.1 Å². The second kappa shape index (κ2) is 7.56. The molecule has 3 aromatic rings. The Bertz CT molecular complexity index is 993. The molecule has 1 aliphatic rings. The van der Waals surface area contributed by atoms with Crippen LogP contribution in [0.2, 0.25) is 0 Å². The molecule has 3 heterocycles. The summed E-state index contributed by atoms with van der Waals surface area (Å²) in [4.78, 5) is 5.62. The molecule has 28 heavy (non-hydrogen) atoms. The van der Waals surface area contributed by atoms with Gasteiger partial charge in [-0.25, -0.2) is 14.1 Å². The highest BCUT2D eigenvalue weighted by atomic mass is 19.1. The van der Waals surface area contributed by atoms with Gasteiger partial charge in [0, 0.05) is 24.2 Å². The van der Waals surface area contributed by atoms with E-state index >= 15 is 0 Å². The second-order valence-corrected chi connectivity index (χ2v) is 6.68. The third-order valence-corrected chi connectivity index (χ3v) is 4.72. The van der Waals surface area contributed by atoms with Gasteiger partial charge in [0.2, 0.25) is 5.88 Å². The van der Waals surface area contributed by atoms with Crippen molar-refractivity contribution in [3.8, 4) is 29.1 Å². The summed E-state index contributed by atoms with van der Waals surface area (Å²) in [6.45, 7) is 1.41. The highest BCUT2D eigenvalue weighted by Crippen LogP contribution is 2.29. The van der Waals surface area contributed by atoms with Crippen LogP contribution in [0, 0.1) is 17.3 Å². The first-order chi connectivity index (χ1) is 13.6. The van der Waals surface area contributed by atoms with E-state index in [1.54, 1.807) is 17.0 Å². The first-order valence-corrected chi connectivity index (χ1v) is 9.02. The number of anilines is 1. The fraction of sp³-hybridized carbons (Fsp3) is 0.250. The normalized spacial score (nSPS) is 16.6. The maximum Gasteiger partial charge on any atom is 0.219 e. The molecule has 0 aliphatic carbocycles. The molecule has 8 heteroatoms. The van der Waals surface area contributed by atoms with E-state index in [0.29, 0.717) is 24.0 Å². The predicted molar refractivity (Wildman–Crippen MR) is 102 cm³/mol. The molecule has 1 aromatic carbocycles. The lowest BCUT2D eigenvalue weighted by Crippen LogP contribution is -2.34. The van der Waals surface area contributed by atoms with Crippen molar-refractivity contribution >= 4 is 5.82 Å². The first-order valence-electron chi connectivity index (χ1n) is 9.02. The zero-order valence-corrected chi connectivity index (χ0v) is 15.1. The first kappa shape index (κ1) is 17.8. The highest BCUT2D eigenvalue weighted by Gasteiger charge is 2.23. The van der Waals surface area contributed by atoms with Gasteiger partial charge in [0.15, 0.2) is 6.19 Å². The van der Waals surface area contributed by atoms with Crippen LogP contribution in [-0.2, 0) is 0 Å². The maximum atomic E-state index is 12.9. The van der Waals surface area contributed by atoms with Gasteiger partial charge in [-0.15, -0.1) is 0 Å². The highest BCUT2D eigenvalue weighted by molar-refractivity contribution is 5.63. The number of benzene rings is 1. The monoisotopic (exact) mass is 378 g/mol. The van der Waals surface area contributed by atoms with Crippen molar-refractivity contribution in [2.24, 2.45) is 0 Å². The van der Waals surface area contributed by atoms with Crippen LogP contribution in [0.1, 0.15) is 18.9 Å². The van der Waals surface area contributed by atoms with Crippen molar-refractivity contribution in [1.82, 2.24) is 19.7 Å². The Morgan fingerprint density at radius 1 is 1.21 bits per heavy atom.